The van der Waals surface area contributed by atoms with Gasteiger partial charge in [0.25, 0.3) is 0 Å². The van der Waals surface area contributed by atoms with E-state index in [0.717, 1.165) is 17.8 Å². The van der Waals surface area contributed by atoms with Crippen LogP contribution in [-0.4, -0.2) is 18.7 Å². The standard InChI is InChI=1S/C12H14N2O/c1-8-6-13-7-10-3-4-11(5-12(8)10)14-9(2)15/h3-5,7-8H,6H2,1-2H3,(H,14,15). The second-order valence-corrected chi connectivity index (χ2v) is 3.92. The number of rotatable bonds is 1. The molecular weight excluding hydrogens is 188 g/mol. The third kappa shape index (κ3) is 2.06. The largest absolute Gasteiger partial charge is 0.326 e. The van der Waals surface area contributed by atoms with Gasteiger partial charge in [-0.25, -0.2) is 0 Å². The Morgan fingerprint density at radius 1 is 1.53 bits per heavy atom. The Morgan fingerprint density at radius 2 is 2.33 bits per heavy atom. The molecule has 0 aliphatic carbocycles. The zero-order valence-corrected chi connectivity index (χ0v) is 8.95. The first-order valence-corrected chi connectivity index (χ1v) is 5.08. The number of hydrogen-bond donors (Lipinski definition) is 1. The van der Waals surface area contributed by atoms with E-state index in [1.807, 2.05) is 24.4 Å². The van der Waals surface area contributed by atoms with Gasteiger partial charge in [0.15, 0.2) is 0 Å². The van der Waals surface area contributed by atoms with Crippen LogP contribution in [0.1, 0.15) is 30.9 Å². The van der Waals surface area contributed by atoms with Crippen LogP contribution in [0.15, 0.2) is 23.2 Å². The first-order chi connectivity index (χ1) is 7.16. The summed E-state index contributed by atoms with van der Waals surface area (Å²) >= 11 is 0. The van der Waals surface area contributed by atoms with Crippen LogP contribution >= 0.6 is 0 Å². The van der Waals surface area contributed by atoms with Crippen molar-refractivity contribution in [2.24, 2.45) is 4.99 Å². The summed E-state index contributed by atoms with van der Waals surface area (Å²) in [4.78, 5) is 15.2. The van der Waals surface area contributed by atoms with Gasteiger partial charge in [-0.2, -0.15) is 0 Å². The Kier molecular flexibility index (Phi) is 2.54. The molecule has 0 spiro atoms. The van der Waals surface area contributed by atoms with E-state index in [4.69, 9.17) is 0 Å². The van der Waals surface area contributed by atoms with Crippen LogP contribution in [0.3, 0.4) is 0 Å². The number of anilines is 1. The maximum Gasteiger partial charge on any atom is 0.221 e. The number of aliphatic imine (C=N–C) groups is 1. The Hall–Kier alpha value is -1.64. The summed E-state index contributed by atoms with van der Waals surface area (Å²) in [6, 6.07) is 5.94. The molecule has 1 amide bonds. The van der Waals surface area contributed by atoms with Gasteiger partial charge in [-0.15, -0.1) is 0 Å². The molecule has 1 unspecified atom stereocenters. The lowest BCUT2D eigenvalue weighted by molar-refractivity contribution is -0.114. The zero-order chi connectivity index (χ0) is 10.8. The van der Waals surface area contributed by atoms with E-state index < -0.39 is 0 Å². The molecule has 0 saturated carbocycles. The summed E-state index contributed by atoms with van der Waals surface area (Å²) in [5.74, 6) is 0.394. The number of nitrogens with zero attached hydrogens (tertiary/aromatic N) is 1. The maximum absolute atomic E-state index is 10.9. The fraction of sp³-hybridized carbons (Fsp3) is 0.333. The second-order valence-electron chi connectivity index (χ2n) is 3.92. The number of carbonyl (C=O) groups is 1. The van der Waals surface area contributed by atoms with Crippen molar-refractivity contribution in [1.29, 1.82) is 0 Å². The smallest absolute Gasteiger partial charge is 0.221 e. The lowest BCUT2D eigenvalue weighted by Crippen LogP contribution is -2.11. The van der Waals surface area contributed by atoms with Gasteiger partial charge < -0.3 is 5.32 Å². The minimum atomic E-state index is -0.0351. The number of hydrogen-bond acceptors (Lipinski definition) is 2. The zero-order valence-electron chi connectivity index (χ0n) is 8.95. The number of fused-ring (bicyclic) bond motifs is 1. The summed E-state index contributed by atoms with van der Waals surface area (Å²) in [6.45, 7) is 4.49. The molecule has 0 radical (unpaired) electrons. The molecule has 1 atom stereocenters. The average molecular weight is 202 g/mol. The lowest BCUT2D eigenvalue weighted by atomic mass is 9.93. The predicted molar refractivity (Wildman–Crippen MR) is 61.6 cm³/mol. The highest BCUT2D eigenvalue weighted by atomic mass is 16.1. The van der Waals surface area contributed by atoms with Gasteiger partial charge >= 0.3 is 0 Å². The molecule has 0 saturated heterocycles. The van der Waals surface area contributed by atoms with Crippen LogP contribution in [-0.2, 0) is 4.79 Å². The first-order valence-electron chi connectivity index (χ1n) is 5.08. The highest BCUT2D eigenvalue weighted by Gasteiger charge is 2.13. The van der Waals surface area contributed by atoms with Crippen molar-refractivity contribution in [1.82, 2.24) is 0 Å². The molecule has 1 aliphatic rings. The molecule has 15 heavy (non-hydrogen) atoms. The summed E-state index contributed by atoms with van der Waals surface area (Å²) in [5.41, 5.74) is 3.28. The fourth-order valence-corrected chi connectivity index (χ4v) is 1.81. The summed E-state index contributed by atoms with van der Waals surface area (Å²) in [6.07, 6.45) is 1.90. The Balaban J connectivity index is 2.36. The van der Waals surface area contributed by atoms with E-state index >= 15 is 0 Å². The monoisotopic (exact) mass is 202 g/mol. The highest BCUT2D eigenvalue weighted by Crippen LogP contribution is 2.25. The predicted octanol–water partition coefficient (Wildman–Crippen LogP) is 2.18. The summed E-state index contributed by atoms with van der Waals surface area (Å²) < 4.78 is 0. The van der Waals surface area contributed by atoms with E-state index in [-0.39, 0.29) is 5.91 Å². The minimum Gasteiger partial charge on any atom is -0.326 e. The third-order valence-corrected chi connectivity index (χ3v) is 2.55. The fourth-order valence-electron chi connectivity index (χ4n) is 1.81. The van der Waals surface area contributed by atoms with E-state index in [0.29, 0.717) is 5.92 Å². The van der Waals surface area contributed by atoms with Crippen molar-refractivity contribution < 1.29 is 4.79 Å². The van der Waals surface area contributed by atoms with E-state index in [1.54, 1.807) is 0 Å². The molecule has 1 aromatic rings. The molecule has 0 bridgehead atoms. The molecule has 3 heteroatoms. The number of carbonyl (C=O) groups excluding carboxylic acids is 1. The second kappa shape index (κ2) is 3.85. The van der Waals surface area contributed by atoms with Gasteiger partial charge in [-0.3, -0.25) is 9.79 Å². The molecule has 1 heterocycles. The third-order valence-electron chi connectivity index (χ3n) is 2.55. The van der Waals surface area contributed by atoms with Crippen molar-refractivity contribution >= 4 is 17.8 Å². The van der Waals surface area contributed by atoms with Crippen LogP contribution in [0.2, 0.25) is 0 Å². The van der Waals surface area contributed by atoms with Crippen LogP contribution in [0, 0.1) is 0 Å². The topological polar surface area (TPSA) is 41.5 Å². The van der Waals surface area contributed by atoms with E-state index in [2.05, 4.69) is 17.2 Å². The molecule has 3 nitrogen and oxygen atoms in total. The summed E-state index contributed by atoms with van der Waals surface area (Å²) in [7, 11) is 0. The molecule has 2 rings (SSSR count). The van der Waals surface area contributed by atoms with Crippen LogP contribution in [0.4, 0.5) is 5.69 Å². The van der Waals surface area contributed by atoms with Crippen LogP contribution < -0.4 is 5.32 Å². The van der Waals surface area contributed by atoms with Crippen molar-refractivity contribution in [3.63, 3.8) is 0 Å². The summed E-state index contributed by atoms with van der Waals surface area (Å²) in [5, 5.41) is 2.79. The van der Waals surface area contributed by atoms with Gasteiger partial charge in [0.05, 0.1) is 0 Å². The Morgan fingerprint density at radius 3 is 3.07 bits per heavy atom. The normalized spacial score (nSPS) is 18.4. The van der Waals surface area contributed by atoms with Crippen molar-refractivity contribution in [2.75, 3.05) is 11.9 Å². The van der Waals surface area contributed by atoms with E-state index in [1.165, 1.54) is 12.5 Å². The average Bonchev–Trinajstić information content (AvgIpc) is 2.18. The molecule has 1 aromatic carbocycles. The van der Waals surface area contributed by atoms with Crippen molar-refractivity contribution in [3.8, 4) is 0 Å². The van der Waals surface area contributed by atoms with Gasteiger partial charge in [-0.1, -0.05) is 13.0 Å². The van der Waals surface area contributed by atoms with Crippen LogP contribution in [0.5, 0.6) is 0 Å². The highest BCUT2D eigenvalue weighted by molar-refractivity contribution is 5.90. The minimum absolute atomic E-state index is 0.0351. The van der Waals surface area contributed by atoms with Crippen LogP contribution in [0.25, 0.3) is 0 Å². The molecular formula is C12H14N2O. The van der Waals surface area contributed by atoms with Gasteiger partial charge in [0.2, 0.25) is 5.91 Å². The van der Waals surface area contributed by atoms with Crippen molar-refractivity contribution in [3.05, 3.63) is 29.3 Å². The van der Waals surface area contributed by atoms with E-state index in [9.17, 15) is 4.79 Å². The maximum atomic E-state index is 10.9. The molecule has 78 valence electrons. The quantitative estimate of drug-likeness (QED) is 0.745. The molecule has 0 fully saturated rings. The molecule has 1 aliphatic heterocycles. The van der Waals surface area contributed by atoms with Gasteiger partial charge in [0.1, 0.15) is 0 Å². The Bertz CT molecular complexity index is 424. The van der Waals surface area contributed by atoms with Gasteiger partial charge in [0, 0.05) is 31.3 Å². The first kappa shape index (κ1) is 9.90. The Labute approximate surface area is 89.2 Å². The number of benzene rings is 1. The number of nitrogens with one attached hydrogen (secondary N) is 1. The molecule has 0 aromatic heterocycles. The van der Waals surface area contributed by atoms with Gasteiger partial charge in [-0.05, 0) is 23.3 Å². The lowest BCUT2D eigenvalue weighted by Gasteiger charge is -2.18. The molecule has 1 N–H and O–H groups in total. The number of amides is 1. The SMILES string of the molecule is CC(=O)Nc1ccc2c(c1)C(C)CN=C2. The van der Waals surface area contributed by atoms with Crippen molar-refractivity contribution in [2.45, 2.75) is 19.8 Å².